The van der Waals surface area contributed by atoms with Crippen LogP contribution >= 0.6 is 0 Å². The Kier molecular flexibility index (Phi) is 5.39. The van der Waals surface area contributed by atoms with Gasteiger partial charge in [-0.3, -0.25) is 9.59 Å². The first-order valence-electron chi connectivity index (χ1n) is 7.23. The quantitative estimate of drug-likeness (QED) is 0.835. The van der Waals surface area contributed by atoms with Crippen molar-refractivity contribution < 1.29 is 14.7 Å². The molecule has 0 aliphatic carbocycles. The van der Waals surface area contributed by atoms with Crippen molar-refractivity contribution in [1.29, 1.82) is 0 Å². The highest BCUT2D eigenvalue weighted by atomic mass is 16.4. The van der Waals surface area contributed by atoms with Gasteiger partial charge < -0.3 is 10.0 Å². The van der Waals surface area contributed by atoms with Crippen molar-refractivity contribution in [3.63, 3.8) is 0 Å². The summed E-state index contributed by atoms with van der Waals surface area (Å²) in [6.45, 7) is 9.70. The lowest BCUT2D eigenvalue weighted by Gasteiger charge is -2.37. The number of piperidine rings is 1. The summed E-state index contributed by atoms with van der Waals surface area (Å²) in [7, 11) is 0. The minimum absolute atomic E-state index is 0.218. The average molecular weight is 269 g/mol. The number of carboxylic acid groups (broad SMARTS) is 1. The number of hydrogen-bond acceptors (Lipinski definition) is 2. The molecule has 0 saturated carbocycles. The topological polar surface area (TPSA) is 57.6 Å². The van der Waals surface area contributed by atoms with Crippen molar-refractivity contribution >= 4 is 11.9 Å². The van der Waals surface area contributed by atoms with Gasteiger partial charge in [0.25, 0.3) is 0 Å². The molecule has 0 radical (unpaired) electrons. The highest BCUT2D eigenvalue weighted by Gasteiger charge is 2.34. The molecule has 0 aromatic carbocycles. The monoisotopic (exact) mass is 269 g/mol. The molecule has 0 aromatic heterocycles. The fourth-order valence-electron chi connectivity index (χ4n) is 3.12. The van der Waals surface area contributed by atoms with Crippen LogP contribution in [0.4, 0.5) is 0 Å². The number of carbonyl (C=O) groups excluding carboxylic acids is 1. The molecule has 1 heterocycles. The number of aliphatic carboxylic acids is 1. The summed E-state index contributed by atoms with van der Waals surface area (Å²) >= 11 is 0. The second kappa shape index (κ2) is 6.40. The van der Waals surface area contributed by atoms with Crippen LogP contribution < -0.4 is 0 Å². The summed E-state index contributed by atoms with van der Waals surface area (Å²) in [4.78, 5) is 25.1. The van der Waals surface area contributed by atoms with Gasteiger partial charge in [0, 0.05) is 24.9 Å². The Morgan fingerprint density at radius 1 is 1.26 bits per heavy atom. The van der Waals surface area contributed by atoms with Gasteiger partial charge in [0.15, 0.2) is 0 Å². The van der Waals surface area contributed by atoms with E-state index in [9.17, 15) is 9.59 Å². The van der Waals surface area contributed by atoms with Crippen LogP contribution in [0.15, 0.2) is 0 Å². The fraction of sp³-hybridized carbons (Fsp3) is 0.867. The number of likely N-dealkylation sites (tertiary alicyclic amines) is 1. The molecule has 19 heavy (non-hydrogen) atoms. The van der Waals surface area contributed by atoms with E-state index in [1.807, 2.05) is 18.7 Å². The normalized spacial score (nSPS) is 17.8. The van der Waals surface area contributed by atoms with Gasteiger partial charge in [-0.15, -0.1) is 0 Å². The molecular formula is C15H27NO3. The molecule has 1 saturated heterocycles. The minimum atomic E-state index is -0.732. The zero-order valence-corrected chi connectivity index (χ0v) is 12.6. The molecule has 0 unspecified atom stereocenters. The molecular weight excluding hydrogens is 242 g/mol. The first-order chi connectivity index (χ1) is 8.72. The third-order valence-corrected chi connectivity index (χ3v) is 3.86. The predicted octanol–water partition coefficient (Wildman–Crippen LogP) is 2.77. The average Bonchev–Trinajstić information content (AvgIpc) is 2.26. The van der Waals surface area contributed by atoms with Crippen LogP contribution in [0.1, 0.15) is 53.4 Å². The molecule has 4 nitrogen and oxygen atoms in total. The Morgan fingerprint density at radius 2 is 1.79 bits per heavy atom. The van der Waals surface area contributed by atoms with Gasteiger partial charge in [-0.05, 0) is 31.1 Å². The maximum Gasteiger partial charge on any atom is 0.303 e. The van der Waals surface area contributed by atoms with Crippen LogP contribution in [0.25, 0.3) is 0 Å². The standard InChI is InChI=1S/C15H27NO3/c1-11(2)10-15(3,4)14(19)16-7-5-12(6-8-16)9-13(17)18/h11-12H,5-10H2,1-4H3,(H,17,18). The van der Waals surface area contributed by atoms with Crippen LogP contribution in [0, 0.1) is 17.3 Å². The summed E-state index contributed by atoms with van der Waals surface area (Å²) in [5.74, 6) is 0.221. The summed E-state index contributed by atoms with van der Waals surface area (Å²) in [6.07, 6.45) is 2.75. The Morgan fingerprint density at radius 3 is 2.21 bits per heavy atom. The van der Waals surface area contributed by atoms with Crippen molar-refractivity contribution in [2.45, 2.75) is 53.4 Å². The molecule has 1 rings (SSSR count). The zero-order chi connectivity index (χ0) is 14.6. The van der Waals surface area contributed by atoms with E-state index in [0.717, 1.165) is 19.3 Å². The Labute approximate surface area is 116 Å². The summed E-state index contributed by atoms with van der Waals surface area (Å²) < 4.78 is 0. The van der Waals surface area contributed by atoms with Crippen LogP contribution in [0.5, 0.6) is 0 Å². The first-order valence-corrected chi connectivity index (χ1v) is 7.23. The Hall–Kier alpha value is -1.06. The summed E-state index contributed by atoms with van der Waals surface area (Å²) in [5, 5.41) is 8.79. The fourth-order valence-corrected chi connectivity index (χ4v) is 3.12. The van der Waals surface area contributed by atoms with Gasteiger partial charge in [0.2, 0.25) is 5.91 Å². The Balaban J connectivity index is 2.50. The third-order valence-electron chi connectivity index (χ3n) is 3.86. The molecule has 1 fully saturated rings. The number of carbonyl (C=O) groups is 2. The molecule has 0 spiro atoms. The van der Waals surface area contributed by atoms with Gasteiger partial charge in [-0.25, -0.2) is 0 Å². The van der Waals surface area contributed by atoms with Crippen LogP contribution in [-0.4, -0.2) is 35.0 Å². The molecule has 1 N–H and O–H groups in total. The lowest BCUT2D eigenvalue weighted by atomic mass is 9.81. The van der Waals surface area contributed by atoms with E-state index in [2.05, 4.69) is 13.8 Å². The van der Waals surface area contributed by atoms with Crippen LogP contribution in [0.2, 0.25) is 0 Å². The molecule has 1 aliphatic heterocycles. The van der Waals surface area contributed by atoms with E-state index < -0.39 is 5.97 Å². The zero-order valence-electron chi connectivity index (χ0n) is 12.6. The van der Waals surface area contributed by atoms with E-state index >= 15 is 0 Å². The maximum atomic E-state index is 12.5. The third kappa shape index (κ3) is 4.84. The molecule has 4 heteroatoms. The maximum absolute atomic E-state index is 12.5. The predicted molar refractivity (Wildman–Crippen MR) is 74.8 cm³/mol. The van der Waals surface area contributed by atoms with Gasteiger partial charge in [0.05, 0.1) is 0 Å². The van der Waals surface area contributed by atoms with Crippen molar-refractivity contribution in [2.24, 2.45) is 17.3 Å². The van der Waals surface area contributed by atoms with Crippen LogP contribution in [-0.2, 0) is 9.59 Å². The number of nitrogens with zero attached hydrogens (tertiary/aromatic N) is 1. The number of rotatable bonds is 5. The summed E-state index contributed by atoms with van der Waals surface area (Å²) in [5.41, 5.74) is -0.312. The summed E-state index contributed by atoms with van der Waals surface area (Å²) in [6, 6.07) is 0. The van der Waals surface area contributed by atoms with Crippen molar-refractivity contribution in [2.75, 3.05) is 13.1 Å². The molecule has 1 aliphatic rings. The van der Waals surface area contributed by atoms with Crippen molar-refractivity contribution in [3.05, 3.63) is 0 Å². The second-order valence-electron chi connectivity index (χ2n) is 6.82. The minimum Gasteiger partial charge on any atom is -0.481 e. The Bertz CT molecular complexity index is 328. The molecule has 1 amide bonds. The van der Waals surface area contributed by atoms with E-state index in [1.54, 1.807) is 0 Å². The van der Waals surface area contributed by atoms with Crippen molar-refractivity contribution in [3.8, 4) is 0 Å². The van der Waals surface area contributed by atoms with Gasteiger partial charge in [-0.2, -0.15) is 0 Å². The first kappa shape index (κ1) is 16.0. The largest absolute Gasteiger partial charge is 0.481 e. The van der Waals surface area contributed by atoms with E-state index in [1.165, 1.54) is 0 Å². The molecule has 0 atom stereocenters. The highest BCUT2D eigenvalue weighted by molar-refractivity contribution is 5.82. The van der Waals surface area contributed by atoms with Crippen LogP contribution in [0.3, 0.4) is 0 Å². The van der Waals surface area contributed by atoms with E-state index in [-0.39, 0.29) is 23.7 Å². The number of amides is 1. The van der Waals surface area contributed by atoms with Crippen molar-refractivity contribution in [1.82, 2.24) is 4.90 Å². The number of carboxylic acids is 1. The van der Waals surface area contributed by atoms with Gasteiger partial charge in [0.1, 0.15) is 0 Å². The molecule has 110 valence electrons. The van der Waals surface area contributed by atoms with E-state index in [0.29, 0.717) is 19.0 Å². The SMILES string of the molecule is CC(C)CC(C)(C)C(=O)N1CCC(CC(=O)O)CC1. The van der Waals surface area contributed by atoms with Gasteiger partial charge >= 0.3 is 5.97 Å². The van der Waals surface area contributed by atoms with Gasteiger partial charge in [-0.1, -0.05) is 27.7 Å². The smallest absolute Gasteiger partial charge is 0.303 e. The molecule has 0 bridgehead atoms. The lowest BCUT2D eigenvalue weighted by molar-refractivity contribution is -0.143. The van der Waals surface area contributed by atoms with E-state index in [4.69, 9.17) is 5.11 Å². The highest BCUT2D eigenvalue weighted by Crippen LogP contribution is 2.30. The molecule has 0 aromatic rings. The second-order valence-corrected chi connectivity index (χ2v) is 6.82. The lowest BCUT2D eigenvalue weighted by Crippen LogP contribution is -2.45. The number of hydrogen-bond donors (Lipinski definition) is 1.